The van der Waals surface area contributed by atoms with Crippen molar-refractivity contribution in [2.24, 2.45) is 19.8 Å². The Hall–Kier alpha value is -2.87. The van der Waals surface area contributed by atoms with Crippen LogP contribution in [0.25, 0.3) is 11.1 Å². The van der Waals surface area contributed by atoms with Gasteiger partial charge in [0.2, 0.25) is 0 Å². The maximum Gasteiger partial charge on any atom is 0.330 e. The van der Waals surface area contributed by atoms with E-state index in [1.807, 2.05) is 0 Å². The predicted octanol–water partition coefficient (Wildman–Crippen LogP) is 0.0304. The molecule has 26 heavy (non-hydrogen) atoms. The number of hydrogen-bond acceptors (Lipinski definition) is 5. The van der Waals surface area contributed by atoms with Gasteiger partial charge in [-0.05, 0) is 30.4 Å². The van der Waals surface area contributed by atoms with Crippen molar-refractivity contribution < 1.29 is 14.6 Å². The number of carbonyl (C=O) groups is 1. The van der Waals surface area contributed by atoms with Gasteiger partial charge in [-0.25, -0.2) is 4.79 Å². The number of nitrogens with zero attached hydrogens (tertiary/aromatic N) is 2. The molecule has 1 atom stereocenters. The number of benzene rings is 1. The van der Waals surface area contributed by atoms with E-state index in [2.05, 4.69) is 0 Å². The average molecular weight is 359 g/mol. The van der Waals surface area contributed by atoms with E-state index in [0.717, 1.165) is 28.5 Å². The number of fused-ring (bicyclic) bond motifs is 1. The van der Waals surface area contributed by atoms with E-state index >= 15 is 0 Å². The molecule has 1 aromatic heterocycles. The molecule has 0 aliphatic carbocycles. The van der Waals surface area contributed by atoms with Gasteiger partial charge < -0.3 is 20.1 Å². The van der Waals surface area contributed by atoms with Crippen LogP contribution in [0.1, 0.15) is 17.5 Å². The van der Waals surface area contributed by atoms with Crippen molar-refractivity contribution in [3.63, 3.8) is 0 Å². The lowest BCUT2D eigenvalue weighted by atomic mass is 9.91. The van der Waals surface area contributed by atoms with E-state index < -0.39 is 23.3 Å². The van der Waals surface area contributed by atoms with Crippen molar-refractivity contribution in [3.8, 4) is 16.9 Å². The average Bonchev–Trinajstić information content (AvgIpc) is 2.63. The molecule has 1 aliphatic rings. The van der Waals surface area contributed by atoms with Gasteiger partial charge in [-0.1, -0.05) is 12.1 Å². The minimum Gasteiger partial charge on any atom is -0.493 e. The Labute approximate surface area is 149 Å². The predicted molar refractivity (Wildman–Crippen MR) is 95.5 cm³/mol. The maximum atomic E-state index is 12.6. The molecule has 0 amide bonds. The molecule has 8 heteroatoms. The van der Waals surface area contributed by atoms with Gasteiger partial charge >= 0.3 is 11.7 Å². The van der Waals surface area contributed by atoms with E-state index in [1.54, 1.807) is 19.2 Å². The number of carboxylic acid groups (broad SMARTS) is 1. The van der Waals surface area contributed by atoms with Crippen molar-refractivity contribution in [1.29, 1.82) is 0 Å². The van der Waals surface area contributed by atoms with Gasteiger partial charge in [-0.2, -0.15) is 0 Å². The van der Waals surface area contributed by atoms with Crippen LogP contribution in [-0.2, 0) is 31.7 Å². The summed E-state index contributed by atoms with van der Waals surface area (Å²) >= 11 is 0. The number of hydrogen-bond donors (Lipinski definition) is 2. The van der Waals surface area contributed by atoms with Crippen LogP contribution in [0.2, 0.25) is 0 Å². The summed E-state index contributed by atoms with van der Waals surface area (Å²) in [6, 6.07) is 2.52. The Morgan fingerprint density at radius 3 is 2.73 bits per heavy atom. The highest BCUT2D eigenvalue weighted by atomic mass is 16.5. The van der Waals surface area contributed by atoms with Crippen LogP contribution >= 0.6 is 0 Å². The van der Waals surface area contributed by atoms with E-state index in [9.17, 15) is 14.4 Å². The third-order valence-electron chi connectivity index (χ3n) is 4.67. The normalized spacial score (nSPS) is 14.4. The van der Waals surface area contributed by atoms with Gasteiger partial charge in [0.1, 0.15) is 11.8 Å². The van der Waals surface area contributed by atoms with Crippen molar-refractivity contribution in [2.75, 3.05) is 6.61 Å². The lowest BCUT2D eigenvalue weighted by molar-refractivity contribution is -0.138. The lowest BCUT2D eigenvalue weighted by Crippen LogP contribution is -2.37. The number of carboxylic acids is 1. The quantitative estimate of drug-likeness (QED) is 0.796. The molecule has 0 spiro atoms. The van der Waals surface area contributed by atoms with Crippen molar-refractivity contribution in [1.82, 2.24) is 9.13 Å². The third kappa shape index (κ3) is 3.03. The van der Waals surface area contributed by atoms with Crippen molar-refractivity contribution in [2.45, 2.75) is 25.3 Å². The van der Waals surface area contributed by atoms with Crippen LogP contribution in [0.15, 0.2) is 27.9 Å². The van der Waals surface area contributed by atoms with Gasteiger partial charge in [0, 0.05) is 25.9 Å². The van der Waals surface area contributed by atoms with Crippen LogP contribution in [-0.4, -0.2) is 32.9 Å². The van der Waals surface area contributed by atoms with Crippen LogP contribution in [0.4, 0.5) is 0 Å². The lowest BCUT2D eigenvalue weighted by Gasteiger charge is -2.24. The zero-order chi connectivity index (χ0) is 19.0. The first-order chi connectivity index (χ1) is 12.3. The number of rotatable bonds is 4. The zero-order valence-corrected chi connectivity index (χ0v) is 14.7. The van der Waals surface area contributed by atoms with E-state index in [-0.39, 0.29) is 6.42 Å². The Morgan fingerprint density at radius 2 is 2.04 bits per heavy atom. The number of nitrogens with two attached hydrogens (primary N) is 1. The summed E-state index contributed by atoms with van der Waals surface area (Å²) in [4.78, 5) is 35.6. The van der Waals surface area contributed by atoms with Crippen LogP contribution in [0, 0.1) is 0 Å². The van der Waals surface area contributed by atoms with Crippen LogP contribution in [0.5, 0.6) is 5.75 Å². The molecule has 2 heterocycles. The van der Waals surface area contributed by atoms with E-state index in [4.69, 9.17) is 15.6 Å². The molecule has 1 aliphatic heterocycles. The molecule has 3 rings (SSSR count). The topological polar surface area (TPSA) is 117 Å². The minimum absolute atomic E-state index is 0.187. The maximum absolute atomic E-state index is 12.6. The third-order valence-corrected chi connectivity index (χ3v) is 4.67. The van der Waals surface area contributed by atoms with Gasteiger partial charge in [-0.15, -0.1) is 0 Å². The fraction of sp³-hybridized carbons (Fsp3) is 0.389. The monoisotopic (exact) mass is 359 g/mol. The number of aliphatic carboxylic acids is 1. The highest BCUT2D eigenvalue weighted by Crippen LogP contribution is 2.37. The molecule has 0 radical (unpaired) electrons. The Morgan fingerprint density at radius 1 is 1.31 bits per heavy atom. The van der Waals surface area contributed by atoms with E-state index in [1.165, 1.54) is 17.8 Å². The molecule has 2 aromatic rings. The minimum atomic E-state index is -1.06. The van der Waals surface area contributed by atoms with Gasteiger partial charge in [0.25, 0.3) is 5.56 Å². The number of aromatic nitrogens is 2. The second-order valence-corrected chi connectivity index (χ2v) is 6.48. The number of aryl methyl sites for hydroxylation is 1. The summed E-state index contributed by atoms with van der Waals surface area (Å²) in [5.74, 6) is -0.492. The smallest absolute Gasteiger partial charge is 0.330 e. The first kappa shape index (κ1) is 17.9. The summed E-state index contributed by atoms with van der Waals surface area (Å²) in [5.41, 5.74) is 7.52. The first-order valence-corrected chi connectivity index (χ1v) is 8.34. The summed E-state index contributed by atoms with van der Waals surface area (Å²) in [7, 11) is 3.01. The second kappa shape index (κ2) is 6.80. The SMILES string of the molecule is Cn1cc(-c2ccc(CC(N)C(=O)O)c3c2OCCC3)c(=O)n(C)c1=O. The number of ether oxygens (including phenoxy) is 1. The molecular formula is C18H21N3O5. The van der Waals surface area contributed by atoms with Gasteiger partial charge in [-0.3, -0.25) is 14.2 Å². The molecule has 1 unspecified atom stereocenters. The molecule has 0 bridgehead atoms. The van der Waals surface area contributed by atoms with Crippen LogP contribution < -0.4 is 21.7 Å². The van der Waals surface area contributed by atoms with Crippen molar-refractivity contribution >= 4 is 5.97 Å². The molecule has 0 fully saturated rings. The van der Waals surface area contributed by atoms with Crippen LogP contribution in [0.3, 0.4) is 0 Å². The molecule has 0 saturated heterocycles. The summed E-state index contributed by atoms with van der Waals surface area (Å²) in [6.07, 6.45) is 3.21. The Bertz CT molecular complexity index is 990. The molecule has 0 saturated carbocycles. The fourth-order valence-electron chi connectivity index (χ4n) is 3.25. The zero-order valence-electron chi connectivity index (χ0n) is 14.7. The van der Waals surface area contributed by atoms with Gasteiger partial charge in [0.15, 0.2) is 0 Å². The summed E-state index contributed by atoms with van der Waals surface area (Å²) < 4.78 is 8.23. The second-order valence-electron chi connectivity index (χ2n) is 6.48. The highest BCUT2D eigenvalue weighted by molar-refractivity contribution is 5.75. The molecule has 3 N–H and O–H groups in total. The summed E-state index contributed by atoms with van der Waals surface area (Å²) in [6.45, 7) is 0.514. The van der Waals surface area contributed by atoms with Crippen molar-refractivity contribution in [3.05, 3.63) is 50.3 Å². The molecule has 1 aromatic carbocycles. The highest BCUT2D eigenvalue weighted by Gasteiger charge is 2.24. The molecule has 138 valence electrons. The molecule has 8 nitrogen and oxygen atoms in total. The van der Waals surface area contributed by atoms with E-state index in [0.29, 0.717) is 23.5 Å². The Kier molecular flexibility index (Phi) is 4.69. The Balaban J connectivity index is 2.18. The summed E-state index contributed by atoms with van der Waals surface area (Å²) in [5, 5.41) is 9.07. The van der Waals surface area contributed by atoms with Gasteiger partial charge in [0.05, 0.1) is 12.2 Å². The molecular weight excluding hydrogens is 338 g/mol. The fourth-order valence-corrected chi connectivity index (χ4v) is 3.25. The first-order valence-electron chi connectivity index (χ1n) is 8.34. The largest absolute Gasteiger partial charge is 0.493 e. The standard InChI is InChI=1S/C18H21N3O5/c1-20-9-13(16(22)21(2)18(20)25)12-6-5-10(8-14(19)17(23)24)11-4-3-7-26-15(11)12/h5-6,9,14H,3-4,7-8,19H2,1-2H3,(H,23,24).